The Bertz CT molecular complexity index is 1530. The number of alkyl halides is 3. The Balaban J connectivity index is 0.000000472. The molecule has 2 aromatic carbocycles. The number of piperazine rings is 1. The summed E-state index contributed by atoms with van der Waals surface area (Å²) in [4.78, 5) is 27.6. The van der Waals surface area contributed by atoms with E-state index in [2.05, 4.69) is 88.3 Å². The molecule has 2 aliphatic rings. The number of halogens is 3. The third kappa shape index (κ3) is 8.23. The molecule has 4 heterocycles. The van der Waals surface area contributed by atoms with Crippen LogP contribution in [0.15, 0.2) is 54.6 Å². The third-order valence-corrected chi connectivity index (χ3v) is 9.26. The van der Waals surface area contributed by atoms with Crippen LogP contribution < -0.4 is 0 Å². The van der Waals surface area contributed by atoms with Crippen molar-refractivity contribution in [1.82, 2.24) is 24.7 Å². The molecular formula is C32H38F3N5O2S. The van der Waals surface area contributed by atoms with Gasteiger partial charge in [-0.15, -0.1) is 11.3 Å². The van der Waals surface area contributed by atoms with Gasteiger partial charge in [0.1, 0.15) is 5.82 Å². The van der Waals surface area contributed by atoms with Crippen LogP contribution in [-0.2, 0) is 11.3 Å². The molecule has 2 aliphatic heterocycles. The third-order valence-electron chi connectivity index (χ3n) is 8.12. The molecule has 0 amide bonds. The first-order valence-electron chi connectivity index (χ1n) is 14.6. The number of aliphatic carboxylic acids is 1. The number of aromatic amines is 1. The van der Waals surface area contributed by atoms with Gasteiger partial charge < -0.3 is 19.9 Å². The summed E-state index contributed by atoms with van der Waals surface area (Å²) in [5.41, 5.74) is 6.09. The highest BCUT2D eigenvalue weighted by Gasteiger charge is 2.38. The minimum absolute atomic E-state index is 0.853. The summed E-state index contributed by atoms with van der Waals surface area (Å²) in [6.45, 7) is 11.7. The minimum atomic E-state index is -5.08. The van der Waals surface area contributed by atoms with Crippen molar-refractivity contribution in [2.45, 2.75) is 32.5 Å². The Hall–Kier alpha value is -3.25. The van der Waals surface area contributed by atoms with Crippen LogP contribution in [0.25, 0.3) is 32.2 Å². The quantitative estimate of drug-likeness (QED) is 0.264. The van der Waals surface area contributed by atoms with Gasteiger partial charge in [0.25, 0.3) is 0 Å². The number of imidazole rings is 1. The SMILES string of the molecule is Cc1cccc2[nH]c(-c3ccc(-c4cccc(CN5CCN(CC6CCCN(C)C6)CC5)c4)s3)nc12.O=C(O)C(F)(F)F. The maximum atomic E-state index is 10.6. The zero-order valence-corrected chi connectivity index (χ0v) is 25.3. The normalized spacial score (nSPS) is 18.9. The molecule has 0 spiro atoms. The van der Waals surface area contributed by atoms with Gasteiger partial charge in [-0.05, 0) is 80.2 Å². The van der Waals surface area contributed by atoms with Gasteiger partial charge in [-0.25, -0.2) is 9.78 Å². The van der Waals surface area contributed by atoms with E-state index in [1.165, 1.54) is 85.1 Å². The van der Waals surface area contributed by atoms with Crippen molar-refractivity contribution >= 4 is 28.3 Å². The lowest BCUT2D eigenvalue weighted by Crippen LogP contribution is -2.48. The smallest absolute Gasteiger partial charge is 0.475 e. The number of aryl methyl sites for hydroxylation is 1. The molecule has 0 aliphatic carbocycles. The number of rotatable bonds is 6. The Kier molecular flexibility index (Phi) is 9.85. The number of carboxylic acids is 1. The van der Waals surface area contributed by atoms with Gasteiger partial charge >= 0.3 is 12.1 Å². The Morgan fingerprint density at radius 3 is 2.42 bits per heavy atom. The van der Waals surface area contributed by atoms with E-state index < -0.39 is 12.1 Å². The fourth-order valence-electron chi connectivity index (χ4n) is 5.91. The second-order valence-corrected chi connectivity index (χ2v) is 12.7. The van der Waals surface area contributed by atoms with E-state index in [0.29, 0.717) is 0 Å². The van der Waals surface area contributed by atoms with Crippen molar-refractivity contribution in [3.63, 3.8) is 0 Å². The summed E-state index contributed by atoms with van der Waals surface area (Å²) >= 11 is 1.81. The molecule has 4 aromatic rings. The zero-order chi connectivity index (χ0) is 30.6. The fourth-order valence-corrected chi connectivity index (χ4v) is 6.86. The maximum absolute atomic E-state index is 10.6. The molecular weight excluding hydrogens is 575 g/mol. The highest BCUT2D eigenvalue weighted by Crippen LogP contribution is 2.35. The average molecular weight is 614 g/mol. The Labute approximate surface area is 253 Å². The van der Waals surface area contributed by atoms with Crippen LogP contribution >= 0.6 is 11.3 Å². The van der Waals surface area contributed by atoms with Crippen LogP contribution in [0.1, 0.15) is 24.0 Å². The lowest BCUT2D eigenvalue weighted by molar-refractivity contribution is -0.192. The topological polar surface area (TPSA) is 75.7 Å². The van der Waals surface area contributed by atoms with Gasteiger partial charge in [0.05, 0.1) is 15.9 Å². The molecule has 0 bridgehead atoms. The first kappa shape index (κ1) is 31.2. The zero-order valence-electron chi connectivity index (χ0n) is 24.5. The number of benzene rings is 2. The molecule has 2 fully saturated rings. The van der Waals surface area contributed by atoms with Crippen LogP contribution in [0.2, 0.25) is 0 Å². The summed E-state index contributed by atoms with van der Waals surface area (Å²) in [5, 5.41) is 7.12. The van der Waals surface area contributed by atoms with E-state index in [0.717, 1.165) is 29.3 Å². The van der Waals surface area contributed by atoms with Crippen LogP contribution in [0.5, 0.6) is 0 Å². The van der Waals surface area contributed by atoms with Crippen molar-refractivity contribution in [3.8, 4) is 21.1 Å². The number of carbonyl (C=O) groups is 1. The van der Waals surface area contributed by atoms with Gasteiger partial charge in [-0.3, -0.25) is 4.90 Å². The van der Waals surface area contributed by atoms with Crippen LogP contribution in [0.4, 0.5) is 13.2 Å². The minimum Gasteiger partial charge on any atom is -0.475 e. The van der Waals surface area contributed by atoms with Gasteiger partial charge in [0.15, 0.2) is 0 Å². The van der Waals surface area contributed by atoms with E-state index in [1.54, 1.807) is 0 Å². The molecule has 230 valence electrons. The summed E-state index contributed by atoms with van der Waals surface area (Å²) in [6.07, 6.45) is -2.32. The van der Waals surface area contributed by atoms with E-state index in [9.17, 15) is 13.2 Å². The number of fused-ring (bicyclic) bond motifs is 1. The van der Waals surface area contributed by atoms with Crippen molar-refractivity contribution in [3.05, 3.63) is 65.7 Å². The van der Waals surface area contributed by atoms with Gasteiger partial charge in [-0.2, -0.15) is 13.2 Å². The molecule has 0 saturated carbocycles. The fraction of sp³-hybridized carbons (Fsp3) is 0.438. The second kappa shape index (κ2) is 13.6. The number of carboxylic acid groups (broad SMARTS) is 1. The van der Waals surface area contributed by atoms with Gasteiger partial charge in [0, 0.05) is 50.7 Å². The lowest BCUT2D eigenvalue weighted by atomic mass is 9.97. The van der Waals surface area contributed by atoms with Crippen molar-refractivity contribution < 1.29 is 23.1 Å². The molecule has 0 radical (unpaired) electrons. The number of aromatic nitrogens is 2. The van der Waals surface area contributed by atoms with Crippen molar-refractivity contribution in [1.29, 1.82) is 0 Å². The number of likely N-dealkylation sites (tertiary alicyclic amines) is 1. The molecule has 1 unspecified atom stereocenters. The van der Waals surface area contributed by atoms with Crippen molar-refractivity contribution in [2.75, 3.05) is 52.9 Å². The number of nitrogens with one attached hydrogen (secondary N) is 1. The molecule has 11 heteroatoms. The number of piperidine rings is 1. The van der Waals surface area contributed by atoms with E-state index in [-0.39, 0.29) is 0 Å². The summed E-state index contributed by atoms with van der Waals surface area (Å²) in [5.74, 6) is -0.941. The van der Waals surface area contributed by atoms with Crippen molar-refractivity contribution in [2.24, 2.45) is 5.92 Å². The monoisotopic (exact) mass is 613 g/mol. The van der Waals surface area contributed by atoms with Gasteiger partial charge in [-0.1, -0.05) is 30.3 Å². The van der Waals surface area contributed by atoms with Crippen LogP contribution in [0.3, 0.4) is 0 Å². The number of H-pyrrole nitrogens is 1. The number of thiophene rings is 1. The molecule has 2 N–H and O–H groups in total. The van der Waals surface area contributed by atoms with Gasteiger partial charge in [0.2, 0.25) is 0 Å². The summed E-state index contributed by atoms with van der Waals surface area (Å²) < 4.78 is 31.7. The number of hydrogen-bond donors (Lipinski definition) is 2. The van der Waals surface area contributed by atoms with Crippen LogP contribution in [0, 0.1) is 12.8 Å². The first-order valence-corrected chi connectivity index (χ1v) is 15.4. The maximum Gasteiger partial charge on any atom is 0.490 e. The number of para-hydroxylation sites is 1. The highest BCUT2D eigenvalue weighted by molar-refractivity contribution is 7.18. The summed E-state index contributed by atoms with van der Waals surface area (Å²) in [7, 11) is 2.27. The highest BCUT2D eigenvalue weighted by atomic mass is 32.1. The molecule has 2 aromatic heterocycles. The lowest BCUT2D eigenvalue weighted by Gasteiger charge is -2.38. The average Bonchev–Trinajstić information content (AvgIpc) is 3.63. The van der Waals surface area contributed by atoms with E-state index >= 15 is 0 Å². The number of hydrogen-bond acceptors (Lipinski definition) is 6. The second-order valence-electron chi connectivity index (χ2n) is 11.6. The Morgan fingerprint density at radius 1 is 1.02 bits per heavy atom. The van der Waals surface area contributed by atoms with Crippen LogP contribution in [-0.4, -0.2) is 94.8 Å². The molecule has 7 nitrogen and oxygen atoms in total. The Morgan fingerprint density at radius 2 is 1.72 bits per heavy atom. The predicted octanol–water partition coefficient (Wildman–Crippen LogP) is 6.36. The predicted molar refractivity (Wildman–Crippen MR) is 165 cm³/mol. The number of nitrogens with zero attached hydrogens (tertiary/aromatic N) is 4. The first-order chi connectivity index (χ1) is 20.5. The molecule has 2 saturated heterocycles. The molecule has 43 heavy (non-hydrogen) atoms. The summed E-state index contributed by atoms with van der Waals surface area (Å²) in [6, 6.07) is 19.8. The largest absolute Gasteiger partial charge is 0.490 e. The van der Waals surface area contributed by atoms with E-state index in [1.807, 2.05) is 11.3 Å². The molecule has 1 atom stereocenters. The molecule has 6 rings (SSSR count). The van der Waals surface area contributed by atoms with E-state index in [4.69, 9.17) is 14.9 Å². The standard InChI is InChI=1S/C30H37N5S.C2HF3O2/c1-22-6-3-10-26-29(22)32-30(31-26)28-12-11-27(36-28)25-9-4-7-23(18-25)20-34-14-16-35(17-15-34)21-24-8-5-13-33(2)19-24;3-2(4,5)1(6)7/h3-4,6-7,9-12,18,24H,5,8,13-17,19-21H2,1-2H3,(H,31,32);(H,6,7).